The van der Waals surface area contributed by atoms with Crippen LogP contribution >= 0.6 is 0 Å². The van der Waals surface area contributed by atoms with Gasteiger partial charge in [0.15, 0.2) is 0 Å². The minimum Gasteiger partial charge on any atom is -0.355 e. The molecule has 0 aliphatic carbocycles. The van der Waals surface area contributed by atoms with Crippen LogP contribution in [-0.4, -0.2) is 4.57 Å². The van der Waals surface area contributed by atoms with Crippen LogP contribution in [-0.2, 0) is 0 Å². The van der Waals surface area contributed by atoms with Crippen LogP contribution in [0.15, 0.2) is 134 Å². The molecule has 0 radical (unpaired) electrons. The van der Waals surface area contributed by atoms with Crippen molar-refractivity contribution in [3.63, 3.8) is 0 Å². The van der Waals surface area contributed by atoms with Gasteiger partial charge in [-0.25, -0.2) is 0 Å². The molecule has 0 amide bonds. The first kappa shape index (κ1) is 25.8. The third-order valence-electron chi connectivity index (χ3n) is 7.00. The summed E-state index contributed by atoms with van der Waals surface area (Å²) in [7, 11) is 0. The number of fused-ring (bicyclic) bond motifs is 1. The molecular weight excluding hydrogens is 472 g/mol. The van der Waals surface area contributed by atoms with Crippen molar-refractivity contribution in [2.24, 2.45) is 0 Å². The van der Waals surface area contributed by atoms with E-state index in [2.05, 4.69) is 146 Å². The number of nitrogens with one attached hydrogen (secondary N) is 1. The van der Waals surface area contributed by atoms with Crippen LogP contribution < -0.4 is 5.32 Å². The Balaban J connectivity index is 1.41. The second-order valence-corrected chi connectivity index (χ2v) is 9.50. The van der Waals surface area contributed by atoms with E-state index in [9.17, 15) is 0 Å². The predicted octanol–water partition coefficient (Wildman–Crippen LogP) is 10.5. The molecule has 0 spiro atoms. The molecule has 0 saturated heterocycles. The molecule has 1 heterocycles. The van der Waals surface area contributed by atoms with Gasteiger partial charge in [-0.05, 0) is 73.9 Å². The number of hydrogen-bond acceptors (Lipinski definition) is 1. The van der Waals surface area contributed by atoms with Gasteiger partial charge in [-0.3, -0.25) is 0 Å². The van der Waals surface area contributed by atoms with Gasteiger partial charge in [0, 0.05) is 39.3 Å². The molecule has 5 aromatic rings. The molecule has 0 bridgehead atoms. The van der Waals surface area contributed by atoms with E-state index >= 15 is 0 Å². The fourth-order valence-corrected chi connectivity index (χ4v) is 5.19. The number of benzene rings is 4. The molecule has 39 heavy (non-hydrogen) atoms. The summed E-state index contributed by atoms with van der Waals surface area (Å²) >= 11 is 0. The first-order valence-electron chi connectivity index (χ1n) is 13.4. The van der Waals surface area contributed by atoms with Crippen LogP contribution in [0, 0.1) is 6.92 Å². The monoisotopic (exact) mass is 506 g/mol. The van der Waals surface area contributed by atoms with Gasteiger partial charge in [0.1, 0.15) is 0 Å². The fraction of sp³-hybridized carbons (Fsp3) is 0.0811. The summed E-state index contributed by atoms with van der Waals surface area (Å²) in [5.41, 5.74) is 11.7. The maximum absolute atomic E-state index is 3.87. The minimum atomic E-state index is 1.05. The molecule has 0 unspecified atom stereocenters. The maximum Gasteiger partial charge on any atom is 0.0537 e. The zero-order valence-electron chi connectivity index (χ0n) is 22.9. The quantitative estimate of drug-likeness (QED) is 0.207. The largest absolute Gasteiger partial charge is 0.355 e. The third kappa shape index (κ3) is 5.28. The second kappa shape index (κ2) is 11.7. The van der Waals surface area contributed by atoms with Crippen LogP contribution in [0.2, 0.25) is 0 Å². The van der Waals surface area contributed by atoms with E-state index in [1.165, 1.54) is 39.0 Å². The van der Waals surface area contributed by atoms with E-state index in [1.807, 2.05) is 25.2 Å². The molecule has 1 N–H and O–H groups in total. The summed E-state index contributed by atoms with van der Waals surface area (Å²) in [4.78, 5) is 0. The van der Waals surface area contributed by atoms with Crippen molar-refractivity contribution in [3.05, 3.63) is 151 Å². The van der Waals surface area contributed by atoms with Gasteiger partial charge < -0.3 is 9.88 Å². The highest BCUT2D eigenvalue weighted by atomic mass is 15.0. The zero-order chi connectivity index (χ0) is 27.2. The number of allylic oxidation sites excluding steroid dienone is 6. The van der Waals surface area contributed by atoms with Crippen LogP contribution in [0.25, 0.3) is 39.4 Å². The minimum absolute atomic E-state index is 1.05. The molecule has 1 aromatic heterocycles. The van der Waals surface area contributed by atoms with E-state index in [1.54, 1.807) is 0 Å². The molecular formula is C37H34N2. The van der Waals surface area contributed by atoms with Crippen LogP contribution in [0.3, 0.4) is 0 Å². The molecule has 0 fully saturated rings. The van der Waals surface area contributed by atoms with Crippen molar-refractivity contribution >= 4 is 33.9 Å². The van der Waals surface area contributed by atoms with E-state index in [0.29, 0.717) is 0 Å². The lowest BCUT2D eigenvalue weighted by molar-refractivity contribution is 1.05. The standard InChI is InChI=1S/C37H34N2/c1-5-12-30(13-6-2)34-15-8-10-17-36(34)38-31-23-19-28(20-24-31)29-21-25-32(26-22-29)39-27(4)33(14-7-3)35-16-9-11-18-37(35)39/h5-26,38H,1H2,2-4H3/b13-6-,14-7-,30-12+. The summed E-state index contributed by atoms with van der Waals surface area (Å²) < 4.78 is 2.35. The van der Waals surface area contributed by atoms with Gasteiger partial charge in [0.2, 0.25) is 0 Å². The van der Waals surface area contributed by atoms with Gasteiger partial charge in [-0.15, -0.1) is 0 Å². The van der Waals surface area contributed by atoms with Gasteiger partial charge in [-0.2, -0.15) is 0 Å². The fourth-order valence-electron chi connectivity index (χ4n) is 5.19. The molecule has 0 atom stereocenters. The Morgan fingerprint density at radius 1 is 0.769 bits per heavy atom. The van der Waals surface area contributed by atoms with Crippen LogP contribution in [0.5, 0.6) is 0 Å². The maximum atomic E-state index is 3.87. The van der Waals surface area contributed by atoms with Gasteiger partial charge in [0.05, 0.1) is 5.52 Å². The smallest absolute Gasteiger partial charge is 0.0537 e. The van der Waals surface area contributed by atoms with Crippen molar-refractivity contribution in [3.8, 4) is 16.8 Å². The Morgan fingerprint density at radius 2 is 1.44 bits per heavy atom. The van der Waals surface area contributed by atoms with E-state index < -0.39 is 0 Å². The summed E-state index contributed by atoms with van der Waals surface area (Å²) in [6, 6.07) is 34.4. The second-order valence-electron chi connectivity index (χ2n) is 9.50. The number of hydrogen-bond donors (Lipinski definition) is 1. The first-order valence-corrected chi connectivity index (χ1v) is 13.4. The number of anilines is 2. The normalized spacial score (nSPS) is 12.0. The van der Waals surface area contributed by atoms with Crippen LogP contribution in [0.4, 0.5) is 11.4 Å². The topological polar surface area (TPSA) is 17.0 Å². The van der Waals surface area contributed by atoms with Crippen molar-refractivity contribution in [1.82, 2.24) is 4.57 Å². The number of rotatable bonds is 8. The van der Waals surface area contributed by atoms with Crippen molar-refractivity contribution in [2.75, 3.05) is 5.32 Å². The zero-order valence-corrected chi connectivity index (χ0v) is 22.9. The Bertz CT molecular complexity index is 1690. The van der Waals surface area contributed by atoms with Crippen molar-refractivity contribution < 1.29 is 0 Å². The van der Waals surface area contributed by atoms with E-state index in [-0.39, 0.29) is 0 Å². The highest BCUT2D eigenvalue weighted by molar-refractivity contribution is 5.92. The van der Waals surface area contributed by atoms with E-state index in [0.717, 1.165) is 22.5 Å². The molecule has 192 valence electrons. The summed E-state index contributed by atoms with van der Waals surface area (Å²) in [5, 5.41) is 4.87. The number of aromatic nitrogens is 1. The molecule has 2 nitrogen and oxygen atoms in total. The molecule has 4 aromatic carbocycles. The molecule has 0 aliphatic heterocycles. The lowest BCUT2D eigenvalue weighted by atomic mass is 10.0. The average molecular weight is 507 g/mol. The van der Waals surface area contributed by atoms with Crippen molar-refractivity contribution in [1.29, 1.82) is 0 Å². The average Bonchev–Trinajstić information content (AvgIpc) is 3.25. The van der Waals surface area contributed by atoms with Crippen molar-refractivity contribution in [2.45, 2.75) is 20.8 Å². The van der Waals surface area contributed by atoms with Gasteiger partial charge >= 0.3 is 0 Å². The number of nitrogens with zero attached hydrogens (tertiary/aromatic N) is 1. The SMILES string of the molecule is C=C/C=C(\C=C/C)c1ccccc1Nc1ccc(-c2ccc(-n3c(C)c(/C=C\C)c4ccccc43)cc2)cc1. The van der Waals surface area contributed by atoms with Gasteiger partial charge in [0.25, 0.3) is 0 Å². The number of para-hydroxylation sites is 2. The molecule has 5 rings (SSSR count). The Morgan fingerprint density at radius 3 is 2.13 bits per heavy atom. The third-order valence-corrected chi connectivity index (χ3v) is 7.00. The lowest BCUT2D eigenvalue weighted by Gasteiger charge is -2.14. The molecule has 0 saturated carbocycles. The molecule has 0 aliphatic rings. The first-order chi connectivity index (χ1) is 19.1. The summed E-state index contributed by atoms with van der Waals surface area (Å²) in [5.74, 6) is 0. The Kier molecular flexibility index (Phi) is 7.75. The Labute approximate surface area is 232 Å². The molecule has 2 heteroatoms. The Hall–Kier alpha value is -4.82. The van der Waals surface area contributed by atoms with E-state index in [4.69, 9.17) is 0 Å². The summed E-state index contributed by atoms with van der Waals surface area (Å²) in [6.07, 6.45) is 12.3. The lowest BCUT2D eigenvalue weighted by Crippen LogP contribution is -1.97. The predicted molar refractivity (Wildman–Crippen MR) is 171 cm³/mol. The van der Waals surface area contributed by atoms with Crippen LogP contribution in [0.1, 0.15) is 30.7 Å². The van der Waals surface area contributed by atoms with Gasteiger partial charge in [-0.1, -0.05) is 104 Å². The summed E-state index contributed by atoms with van der Waals surface area (Å²) in [6.45, 7) is 10.2. The highest BCUT2D eigenvalue weighted by Gasteiger charge is 2.13. The highest BCUT2D eigenvalue weighted by Crippen LogP contribution is 2.32.